The highest BCUT2D eigenvalue weighted by Gasteiger charge is 2.21. The molecule has 3 N–H and O–H groups in total. The Kier molecular flexibility index (Phi) is 3.21. The first-order chi connectivity index (χ1) is 8.13. The van der Waals surface area contributed by atoms with E-state index >= 15 is 0 Å². The van der Waals surface area contributed by atoms with Crippen molar-refractivity contribution in [3.63, 3.8) is 0 Å². The summed E-state index contributed by atoms with van der Waals surface area (Å²) in [4.78, 5) is 0. The normalized spacial score (nSPS) is 12.7. The van der Waals surface area contributed by atoms with Crippen molar-refractivity contribution in [3.05, 3.63) is 59.1 Å². The van der Waals surface area contributed by atoms with Crippen molar-refractivity contribution in [2.24, 2.45) is 5.84 Å². The molecule has 0 saturated carbocycles. The first-order valence-corrected chi connectivity index (χ1v) is 5.08. The fourth-order valence-electron chi connectivity index (χ4n) is 1.72. The second-order valence-electron chi connectivity index (χ2n) is 3.73. The highest BCUT2D eigenvalue weighted by atomic mass is 19.1. The lowest BCUT2D eigenvalue weighted by atomic mass is 10.0. The summed E-state index contributed by atoms with van der Waals surface area (Å²) in [6.07, 6.45) is 1.50. The molecule has 1 unspecified atom stereocenters. The summed E-state index contributed by atoms with van der Waals surface area (Å²) in [7, 11) is 0. The van der Waals surface area contributed by atoms with E-state index in [-0.39, 0.29) is 5.56 Å². The van der Waals surface area contributed by atoms with E-state index in [1.54, 1.807) is 6.07 Å². The first-order valence-electron chi connectivity index (χ1n) is 5.08. The number of benzene rings is 1. The molecule has 0 aliphatic heterocycles. The van der Waals surface area contributed by atoms with Crippen LogP contribution in [0.15, 0.2) is 34.9 Å². The van der Waals surface area contributed by atoms with E-state index in [4.69, 9.17) is 10.3 Å². The topological polar surface area (TPSA) is 51.2 Å². The Morgan fingerprint density at radius 2 is 2.06 bits per heavy atom. The predicted octanol–water partition coefficient (Wildman–Crippen LogP) is 2.42. The minimum atomic E-state index is -0.663. The van der Waals surface area contributed by atoms with Crippen LogP contribution < -0.4 is 11.3 Å². The van der Waals surface area contributed by atoms with E-state index in [1.165, 1.54) is 18.4 Å². The average molecular weight is 238 g/mol. The zero-order chi connectivity index (χ0) is 12.4. The minimum absolute atomic E-state index is 0.243. The predicted molar refractivity (Wildman–Crippen MR) is 59.0 cm³/mol. The summed E-state index contributed by atoms with van der Waals surface area (Å²) in [5.74, 6) is 4.62. The number of hydrogen-bond acceptors (Lipinski definition) is 3. The van der Waals surface area contributed by atoms with E-state index < -0.39 is 17.7 Å². The molecular weight excluding hydrogens is 226 g/mol. The van der Waals surface area contributed by atoms with Crippen molar-refractivity contribution >= 4 is 0 Å². The third kappa shape index (κ3) is 2.20. The molecule has 1 aromatic carbocycles. The number of nitrogens with one attached hydrogen (secondary N) is 1. The Hall–Kier alpha value is -1.72. The van der Waals surface area contributed by atoms with Crippen LogP contribution >= 0.6 is 0 Å². The molecule has 5 heteroatoms. The van der Waals surface area contributed by atoms with Gasteiger partial charge in [-0.2, -0.15) is 0 Å². The van der Waals surface area contributed by atoms with Crippen LogP contribution in [-0.4, -0.2) is 0 Å². The molecule has 90 valence electrons. The van der Waals surface area contributed by atoms with Gasteiger partial charge in [0.1, 0.15) is 23.4 Å². The molecule has 0 amide bonds. The van der Waals surface area contributed by atoms with Crippen LogP contribution in [0.1, 0.15) is 22.9 Å². The smallest absolute Gasteiger partial charge is 0.131 e. The quantitative estimate of drug-likeness (QED) is 0.637. The molecule has 1 heterocycles. The van der Waals surface area contributed by atoms with Crippen molar-refractivity contribution in [2.75, 3.05) is 0 Å². The lowest BCUT2D eigenvalue weighted by Crippen LogP contribution is -2.29. The van der Waals surface area contributed by atoms with Crippen molar-refractivity contribution in [1.29, 1.82) is 0 Å². The molecule has 1 atom stereocenters. The molecule has 0 aliphatic rings. The number of hydrogen-bond donors (Lipinski definition) is 2. The number of nitrogens with two attached hydrogens (primary N) is 1. The maximum Gasteiger partial charge on any atom is 0.131 e. The van der Waals surface area contributed by atoms with Gasteiger partial charge in [-0.15, -0.1) is 0 Å². The average Bonchev–Trinajstić information content (AvgIpc) is 2.69. The zero-order valence-electron chi connectivity index (χ0n) is 9.21. The lowest BCUT2D eigenvalue weighted by Gasteiger charge is -2.15. The second kappa shape index (κ2) is 4.65. The van der Waals surface area contributed by atoms with Crippen molar-refractivity contribution in [2.45, 2.75) is 13.0 Å². The van der Waals surface area contributed by atoms with Gasteiger partial charge in [-0.1, -0.05) is 6.07 Å². The van der Waals surface area contributed by atoms with Gasteiger partial charge < -0.3 is 4.42 Å². The van der Waals surface area contributed by atoms with Gasteiger partial charge in [0.25, 0.3) is 0 Å². The van der Waals surface area contributed by atoms with Crippen LogP contribution in [0, 0.1) is 18.6 Å². The second-order valence-corrected chi connectivity index (χ2v) is 3.73. The van der Waals surface area contributed by atoms with Gasteiger partial charge in [0.15, 0.2) is 0 Å². The molecule has 1 aromatic heterocycles. The fourth-order valence-corrected chi connectivity index (χ4v) is 1.72. The van der Waals surface area contributed by atoms with Gasteiger partial charge in [-0.3, -0.25) is 5.84 Å². The Labute approximate surface area is 97.2 Å². The van der Waals surface area contributed by atoms with Crippen molar-refractivity contribution < 1.29 is 13.2 Å². The van der Waals surface area contributed by atoms with Crippen LogP contribution in [0.25, 0.3) is 0 Å². The molecule has 0 bridgehead atoms. The van der Waals surface area contributed by atoms with Crippen molar-refractivity contribution in [1.82, 2.24) is 5.43 Å². The van der Waals surface area contributed by atoms with Gasteiger partial charge in [0.2, 0.25) is 0 Å². The lowest BCUT2D eigenvalue weighted by molar-refractivity contribution is 0.437. The van der Waals surface area contributed by atoms with E-state index in [0.717, 1.165) is 11.6 Å². The minimum Gasteiger partial charge on any atom is -0.467 e. The van der Waals surface area contributed by atoms with Crippen LogP contribution in [0.3, 0.4) is 0 Å². The Balaban J connectivity index is 2.46. The molecule has 17 heavy (non-hydrogen) atoms. The molecule has 0 saturated heterocycles. The Morgan fingerprint density at radius 3 is 2.59 bits per heavy atom. The molecule has 3 nitrogen and oxygen atoms in total. The van der Waals surface area contributed by atoms with Gasteiger partial charge >= 0.3 is 0 Å². The summed E-state index contributed by atoms with van der Waals surface area (Å²) >= 11 is 0. The molecule has 0 fully saturated rings. The maximum atomic E-state index is 13.6. The SMILES string of the molecule is Cc1ccoc1C(NN)c1ccc(F)cc1F. The highest BCUT2D eigenvalue weighted by Crippen LogP contribution is 2.27. The standard InChI is InChI=1S/C12H12F2N2O/c1-7-4-5-17-12(7)11(16-15)9-3-2-8(13)6-10(9)14/h2-6,11,16H,15H2,1H3. The zero-order valence-corrected chi connectivity index (χ0v) is 9.21. The summed E-state index contributed by atoms with van der Waals surface area (Å²) in [6, 6.07) is 4.46. The summed E-state index contributed by atoms with van der Waals surface area (Å²) in [6.45, 7) is 1.82. The van der Waals surface area contributed by atoms with E-state index in [9.17, 15) is 8.78 Å². The van der Waals surface area contributed by atoms with E-state index in [1.807, 2.05) is 6.92 Å². The van der Waals surface area contributed by atoms with Crippen LogP contribution in [0.4, 0.5) is 8.78 Å². The van der Waals surface area contributed by atoms with E-state index in [0.29, 0.717) is 5.76 Å². The Morgan fingerprint density at radius 1 is 1.29 bits per heavy atom. The number of furan rings is 1. The fraction of sp³-hybridized carbons (Fsp3) is 0.167. The number of rotatable bonds is 3. The van der Waals surface area contributed by atoms with Crippen LogP contribution in [0.5, 0.6) is 0 Å². The van der Waals surface area contributed by atoms with Crippen LogP contribution in [0.2, 0.25) is 0 Å². The highest BCUT2D eigenvalue weighted by molar-refractivity contribution is 5.31. The summed E-state index contributed by atoms with van der Waals surface area (Å²) in [5, 5.41) is 0. The molecule has 0 spiro atoms. The van der Waals surface area contributed by atoms with Gasteiger partial charge in [0.05, 0.1) is 6.26 Å². The number of hydrazine groups is 1. The van der Waals surface area contributed by atoms with Gasteiger partial charge in [0, 0.05) is 11.6 Å². The monoisotopic (exact) mass is 238 g/mol. The van der Waals surface area contributed by atoms with Crippen LogP contribution in [-0.2, 0) is 0 Å². The maximum absolute atomic E-state index is 13.6. The summed E-state index contributed by atoms with van der Waals surface area (Å²) in [5.41, 5.74) is 3.55. The number of halogens is 2. The third-order valence-electron chi connectivity index (χ3n) is 2.60. The van der Waals surface area contributed by atoms with E-state index in [2.05, 4.69) is 5.43 Å². The molecule has 0 radical (unpaired) electrons. The summed E-state index contributed by atoms with van der Waals surface area (Å²) < 4.78 is 31.7. The Bertz CT molecular complexity index is 525. The molecular formula is C12H12F2N2O. The van der Waals surface area contributed by atoms with Gasteiger partial charge in [-0.05, 0) is 24.6 Å². The third-order valence-corrected chi connectivity index (χ3v) is 2.60. The van der Waals surface area contributed by atoms with Gasteiger partial charge in [-0.25, -0.2) is 14.2 Å². The molecule has 2 rings (SSSR count). The molecule has 0 aliphatic carbocycles. The largest absolute Gasteiger partial charge is 0.467 e. The molecule has 2 aromatic rings. The number of aryl methyl sites for hydroxylation is 1. The first kappa shape index (κ1) is 11.8. The van der Waals surface area contributed by atoms with Crippen molar-refractivity contribution in [3.8, 4) is 0 Å².